The number of aryl methyl sites for hydroxylation is 1. The molecule has 0 aliphatic carbocycles. The van der Waals surface area contributed by atoms with Crippen molar-refractivity contribution in [2.75, 3.05) is 31.1 Å². The molecule has 1 N–H and O–H groups in total. The summed E-state index contributed by atoms with van der Waals surface area (Å²) in [7, 11) is 0. The van der Waals surface area contributed by atoms with Gasteiger partial charge >= 0.3 is 0 Å². The van der Waals surface area contributed by atoms with Gasteiger partial charge in [-0.25, -0.2) is 4.98 Å². The van der Waals surface area contributed by atoms with E-state index in [-0.39, 0.29) is 0 Å². The van der Waals surface area contributed by atoms with Crippen LogP contribution in [0.5, 0.6) is 0 Å². The smallest absolute Gasteiger partial charge is 0.259 e. The van der Waals surface area contributed by atoms with E-state index in [9.17, 15) is 5.11 Å². The molecule has 1 saturated heterocycles. The number of nitrogens with zero attached hydrogens (tertiary/aromatic N) is 5. The fraction of sp³-hybridized carbons (Fsp3) is 0.350. The maximum atomic E-state index is 10.5. The van der Waals surface area contributed by atoms with Crippen molar-refractivity contribution in [3.8, 4) is 11.5 Å². The first-order valence-corrected chi connectivity index (χ1v) is 9.13. The van der Waals surface area contributed by atoms with Crippen LogP contribution < -0.4 is 4.90 Å². The average molecular weight is 365 g/mol. The minimum Gasteiger partial charge on any atom is -0.390 e. The molecule has 7 nitrogen and oxygen atoms in total. The van der Waals surface area contributed by atoms with Gasteiger partial charge in [0.1, 0.15) is 5.82 Å². The van der Waals surface area contributed by atoms with Crippen LogP contribution in [0.2, 0.25) is 0 Å². The van der Waals surface area contributed by atoms with Gasteiger partial charge in [-0.2, -0.15) is 4.98 Å². The monoisotopic (exact) mass is 365 g/mol. The van der Waals surface area contributed by atoms with Crippen LogP contribution in [0.3, 0.4) is 0 Å². The lowest BCUT2D eigenvalue weighted by Crippen LogP contribution is -2.33. The van der Waals surface area contributed by atoms with Gasteiger partial charge in [0.15, 0.2) is 5.82 Å². The Kier molecular flexibility index (Phi) is 5.13. The SMILES string of the molecule is Cc1noc(-c2ccc(N3CCN(Cc4ccccc4)C[C@H](O)C3)nc2)n1. The number of rotatable bonds is 4. The molecule has 1 aliphatic rings. The lowest BCUT2D eigenvalue weighted by atomic mass is 10.2. The molecule has 0 amide bonds. The van der Waals surface area contributed by atoms with E-state index in [2.05, 4.69) is 37.1 Å². The fourth-order valence-electron chi connectivity index (χ4n) is 3.36. The normalized spacial score (nSPS) is 18.4. The molecule has 3 aromatic rings. The second-order valence-corrected chi connectivity index (χ2v) is 6.87. The predicted molar refractivity (Wildman–Crippen MR) is 102 cm³/mol. The Balaban J connectivity index is 1.43. The predicted octanol–water partition coefficient (Wildman–Crippen LogP) is 2.12. The molecule has 1 fully saturated rings. The number of anilines is 1. The second kappa shape index (κ2) is 7.85. The summed E-state index contributed by atoms with van der Waals surface area (Å²) in [5.74, 6) is 1.91. The van der Waals surface area contributed by atoms with Crippen LogP contribution in [0, 0.1) is 6.92 Å². The van der Waals surface area contributed by atoms with Gasteiger partial charge in [0, 0.05) is 38.9 Å². The number of hydrogen-bond acceptors (Lipinski definition) is 7. The van der Waals surface area contributed by atoms with Gasteiger partial charge in [0.05, 0.1) is 11.7 Å². The molecule has 0 saturated carbocycles. The molecule has 140 valence electrons. The van der Waals surface area contributed by atoms with Gasteiger partial charge < -0.3 is 14.5 Å². The van der Waals surface area contributed by atoms with E-state index in [1.165, 1.54) is 5.56 Å². The summed E-state index contributed by atoms with van der Waals surface area (Å²) in [5.41, 5.74) is 2.05. The lowest BCUT2D eigenvalue weighted by molar-refractivity contribution is 0.129. The third kappa shape index (κ3) is 4.32. The summed E-state index contributed by atoms with van der Waals surface area (Å²) in [6, 6.07) is 14.2. The van der Waals surface area contributed by atoms with E-state index in [0.29, 0.717) is 24.8 Å². The molecule has 2 aromatic heterocycles. The summed E-state index contributed by atoms with van der Waals surface area (Å²) >= 11 is 0. The van der Waals surface area contributed by atoms with Gasteiger partial charge in [-0.15, -0.1) is 0 Å². The zero-order valence-electron chi connectivity index (χ0n) is 15.3. The van der Waals surface area contributed by atoms with Gasteiger partial charge in [0.2, 0.25) is 0 Å². The quantitative estimate of drug-likeness (QED) is 0.759. The molecular weight excluding hydrogens is 342 g/mol. The Bertz CT molecular complexity index is 866. The molecule has 1 aromatic carbocycles. The zero-order valence-corrected chi connectivity index (χ0v) is 15.3. The highest BCUT2D eigenvalue weighted by Gasteiger charge is 2.22. The molecule has 1 aliphatic heterocycles. The number of β-amino-alcohol motifs (C(OH)–C–C–N with tert-alkyl or cyclic N) is 1. The summed E-state index contributed by atoms with van der Waals surface area (Å²) in [4.78, 5) is 13.2. The van der Waals surface area contributed by atoms with Crippen molar-refractivity contribution in [1.82, 2.24) is 20.0 Å². The third-order valence-electron chi connectivity index (χ3n) is 4.68. The number of benzene rings is 1. The molecule has 0 bridgehead atoms. The van der Waals surface area contributed by atoms with Crippen LogP contribution >= 0.6 is 0 Å². The molecular formula is C20H23N5O2. The average Bonchev–Trinajstić information content (AvgIpc) is 3.03. The van der Waals surface area contributed by atoms with Gasteiger partial charge in [-0.3, -0.25) is 4.90 Å². The van der Waals surface area contributed by atoms with E-state index in [1.807, 2.05) is 30.3 Å². The number of aliphatic hydroxyl groups excluding tert-OH is 1. The Morgan fingerprint density at radius 1 is 1.11 bits per heavy atom. The summed E-state index contributed by atoms with van der Waals surface area (Å²) < 4.78 is 5.18. The Morgan fingerprint density at radius 2 is 1.96 bits per heavy atom. The third-order valence-corrected chi connectivity index (χ3v) is 4.68. The number of hydrogen-bond donors (Lipinski definition) is 1. The van der Waals surface area contributed by atoms with Crippen LogP contribution in [0.25, 0.3) is 11.5 Å². The zero-order chi connectivity index (χ0) is 18.6. The van der Waals surface area contributed by atoms with Crippen molar-refractivity contribution in [2.45, 2.75) is 19.6 Å². The number of aliphatic hydroxyl groups is 1. The molecule has 3 heterocycles. The Hall–Kier alpha value is -2.77. The highest BCUT2D eigenvalue weighted by molar-refractivity contribution is 5.54. The van der Waals surface area contributed by atoms with Crippen LogP contribution in [-0.4, -0.2) is 57.4 Å². The van der Waals surface area contributed by atoms with E-state index in [1.54, 1.807) is 13.1 Å². The maximum absolute atomic E-state index is 10.5. The maximum Gasteiger partial charge on any atom is 0.259 e. The Morgan fingerprint density at radius 3 is 2.67 bits per heavy atom. The van der Waals surface area contributed by atoms with Crippen molar-refractivity contribution < 1.29 is 9.63 Å². The van der Waals surface area contributed by atoms with Crippen LogP contribution in [0.15, 0.2) is 53.2 Å². The van der Waals surface area contributed by atoms with Crippen LogP contribution in [-0.2, 0) is 6.54 Å². The summed E-state index contributed by atoms with van der Waals surface area (Å²) in [6.45, 7) is 5.54. The van der Waals surface area contributed by atoms with Crippen molar-refractivity contribution in [3.05, 3.63) is 60.0 Å². The van der Waals surface area contributed by atoms with Crippen molar-refractivity contribution in [3.63, 3.8) is 0 Å². The molecule has 27 heavy (non-hydrogen) atoms. The highest BCUT2D eigenvalue weighted by atomic mass is 16.5. The minimum absolute atomic E-state index is 0.420. The largest absolute Gasteiger partial charge is 0.390 e. The summed E-state index contributed by atoms with van der Waals surface area (Å²) in [6.07, 6.45) is 1.32. The fourth-order valence-corrected chi connectivity index (χ4v) is 3.36. The van der Waals surface area contributed by atoms with E-state index in [4.69, 9.17) is 4.52 Å². The lowest BCUT2D eigenvalue weighted by Gasteiger charge is -2.22. The topological polar surface area (TPSA) is 78.5 Å². The molecule has 0 radical (unpaired) electrons. The van der Waals surface area contributed by atoms with E-state index >= 15 is 0 Å². The first-order valence-electron chi connectivity index (χ1n) is 9.13. The van der Waals surface area contributed by atoms with Crippen molar-refractivity contribution in [2.24, 2.45) is 0 Å². The molecule has 0 unspecified atom stereocenters. The van der Waals surface area contributed by atoms with Crippen LogP contribution in [0.1, 0.15) is 11.4 Å². The Labute approximate surface area is 158 Å². The summed E-state index contributed by atoms with van der Waals surface area (Å²) in [5, 5.41) is 14.3. The first-order chi connectivity index (χ1) is 13.2. The standard InChI is InChI=1S/C20H23N5O2/c1-15-22-20(27-23-15)17-7-8-19(21-11-17)25-10-9-24(13-18(26)14-25)12-16-5-3-2-4-6-16/h2-8,11,18,26H,9-10,12-14H2,1H3/t18-/m0/s1. The number of aromatic nitrogens is 3. The van der Waals surface area contributed by atoms with Gasteiger partial charge in [0.25, 0.3) is 5.89 Å². The van der Waals surface area contributed by atoms with Gasteiger partial charge in [-0.05, 0) is 24.6 Å². The molecule has 4 rings (SSSR count). The second-order valence-electron chi connectivity index (χ2n) is 6.87. The molecule has 0 spiro atoms. The minimum atomic E-state index is -0.420. The highest BCUT2D eigenvalue weighted by Crippen LogP contribution is 2.20. The van der Waals surface area contributed by atoms with Crippen molar-refractivity contribution >= 4 is 5.82 Å². The molecule has 7 heteroatoms. The van der Waals surface area contributed by atoms with Crippen LogP contribution in [0.4, 0.5) is 5.82 Å². The molecule has 1 atom stereocenters. The number of pyridine rings is 1. The van der Waals surface area contributed by atoms with Gasteiger partial charge in [-0.1, -0.05) is 35.5 Å². The van der Waals surface area contributed by atoms with Crippen molar-refractivity contribution in [1.29, 1.82) is 0 Å². The first kappa shape index (κ1) is 17.6. The van der Waals surface area contributed by atoms with E-state index < -0.39 is 6.10 Å². The van der Waals surface area contributed by atoms with E-state index in [0.717, 1.165) is 31.0 Å².